The molecule has 0 unspecified atom stereocenters. The molecule has 253 valence electrons. The van der Waals surface area contributed by atoms with Gasteiger partial charge in [-0.15, -0.1) is 4.13 Å². The van der Waals surface area contributed by atoms with Crippen LogP contribution >= 0.6 is 23.2 Å². The third-order valence-electron chi connectivity index (χ3n) is 7.64. The van der Waals surface area contributed by atoms with E-state index in [9.17, 15) is 39.4 Å². The van der Waals surface area contributed by atoms with Gasteiger partial charge in [-0.1, -0.05) is 47.5 Å². The van der Waals surface area contributed by atoms with Crippen LogP contribution in [0.1, 0.15) is 43.0 Å². The molecule has 1 aromatic heterocycles. The number of aryl methyl sites for hydroxylation is 2. The smallest absolute Gasteiger partial charge is 0.296 e. The maximum Gasteiger partial charge on any atom is 0.296 e. The fourth-order valence-electron chi connectivity index (χ4n) is 5.42. The number of hydrogen-bond acceptors (Lipinski definition) is 12. The molecule has 1 aliphatic rings. The van der Waals surface area contributed by atoms with Gasteiger partial charge in [-0.3, -0.25) is 14.1 Å². The van der Waals surface area contributed by atoms with Crippen molar-refractivity contribution < 1.29 is 39.4 Å². The van der Waals surface area contributed by atoms with Gasteiger partial charge < -0.3 is 11.1 Å². The Bertz CT molecular complexity index is 2650. The minimum absolute atomic E-state index is 0. The van der Waals surface area contributed by atoms with Gasteiger partial charge in [-0.05, 0) is 61.4 Å². The van der Waals surface area contributed by atoms with E-state index in [1.807, 2.05) is 0 Å². The molecule has 1 radical (unpaired) electrons. The molecule has 0 aliphatic heterocycles. The van der Waals surface area contributed by atoms with Crippen LogP contribution in [-0.2, 0) is 30.2 Å². The molecule has 0 spiro atoms. The largest absolute Gasteiger partial charge is 0.397 e. The summed E-state index contributed by atoms with van der Waals surface area (Å²) in [6.07, 6.45) is 0. The number of hydrogen-bond donors (Lipinski definition) is 4. The molecule has 0 atom stereocenters. The van der Waals surface area contributed by atoms with E-state index >= 15 is 0 Å². The van der Waals surface area contributed by atoms with Crippen LogP contribution in [0.5, 0.6) is 0 Å². The molecule has 0 amide bonds. The van der Waals surface area contributed by atoms with Crippen molar-refractivity contribution in [2.24, 2.45) is 0 Å². The number of carbonyl (C=O) groups is 2. The summed E-state index contributed by atoms with van der Waals surface area (Å²) in [5.41, 5.74) is 5.38. The summed E-state index contributed by atoms with van der Waals surface area (Å²) in [6, 6.07) is 12.5. The predicted octanol–water partition coefficient (Wildman–Crippen LogP) is 4.19. The number of fused-ring (bicyclic) bond motifs is 3. The number of rotatable bonds is 7. The summed E-state index contributed by atoms with van der Waals surface area (Å²) in [6.45, 7) is 2.94. The number of sulfonamides is 2. The Morgan fingerprint density at radius 1 is 0.720 bits per heavy atom. The van der Waals surface area contributed by atoms with Crippen molar-refractivity contribution in [2.75, 3.05) is 11.1 Å². The van der Waals surface area contributed by atoms with E-state index in [0.717, 1.165) is 30.3 Å². The van der Waals surface area contributed by atoms with Crippen LogP contribution in [-0.4, -0.2) is 80.9 Å². The van der Waals surface area contributed by atoms with E-state index in [1.165, 1.54) is 38.1 Å². The molecule has 50 heavy (non-hydrogen) atoms. The summed E-state index contributed by atoms with van der Waals surface area (Å²) in [4.78, 5) is 33.4. The molecular weight excluding hydrogens is 764 g/mol. The van der Waals surface area contributed by atoms with Crippen LogP contribution in [0.3, 0.4) is 0 Å². The van der Waals surface area contributed by atoms with Gasteiger partial charge in [0.1, 0.15) is 4.90 Å². The quantitative estimate of drug-likeness (QED) is 0.101. The minimum Gasteiger partial charge on any atom is -0.397 e. The van der Waals surface area contributed by atoms with Gasteiger partial charge in [-0.2, -0.15) is 8.42 Å². The maximum absolute atomic E-state index is 13.7. The van der Waals surface area contributed by atoms with Crippen molar-refractivity contribution in [1.82, 2.24) is 14.1 Å². The zero-order chi connectivity index (χ0) is 35.8. The first-order valence-electron chi connectivity index (χ1n) is 13.7. The number of carbonyl (C=O) groups excluding carboxylic acids is 2. The molecule has 4 aromatic carbocycles. The van der Waals surface area contributed by atoms with Crippen LogP contribution < -0.4 is 15.2 Å². The zero-order valence-electron chi connectivity index (χ0n) is 25.9. The number of nitrogens with zero attached hydrogens (tertiary/aromatic N) is 2. The van der Waals surface area contributed by atoms with E-state index in [1.54, 1.807) is 10.2 Å². The Hall–Kier alpha value is -3.49. The first-order chi connectivity index (χ1) is 22.8. The number of nitrogen functional groups attached to an aromatic ring is 1. The van der Waals surface area contributed by atoms with Gasteiger partial charge in [0.25, 0.3) is 30.2 Å². The Morgan fingerprint density at radius 2 is 1.24 bits per heavy atom. The normalized spacial score (nSPS) is 13.1. The van der Waals surface area contributed by atoms with Crippen molar-refractivity contribution in [2.45, 2.75) is 28.5 Å². The fourth-order valence-corrected chi connectivity index (χ4v) is 9.43. The molecule has 5 aromatic rings. The molecule has 5 N–H and O–H groups in total. The molecular formula is C30H21Cl2N5NaO9S3. The summed E-state index contributed by atoms with van der Waals surface area (Å²) < 4.78 is 89.3. The van der Waals surface area contributed by atoms with Gasteiger partial charge in [0.15, 0.2) is 21.9 Å². The zero-order valence-corrected chi connectivity index (χ0v) is 31.9. The summed E-state index contributed by atoms with van der Waals surface area (Å²) in [7, 11) is -14.4. The Balaban J connectivity index is 0.00000486. The second-order valence-electron chi connectivity index (χ2n) is 10.9. The predicted molar refractivity (Wildman–Crippen MR) is 186 cm³/mol. The average Bonchev–Trinajstić information content (AvgIpc) is 3.01. The summed E-state index contributed by atoms with van der Waals surface area (Å²) in [5, 5.41) is 2.61. The standard InChI is InChI=1S/C30H21Cl2N5O9S3.Na/c1-13-9-16(48(42,43)37-47(40,41)15-7-8-19-20(11-15)36-30(32)29(31)35-19)10-14(2)26(13)34-21-12-22(49(44,45)46)25(33)24-23(21)27(38)17-5-3-4-6-18(17)28(24)39;/h3-12,34,37H,33H2,1-2H3,(H,44,45,46);. The molecule has 0 saturated heterocycles. The van der Waals surface area contributed by atoms with E-state index in [-0.39, 0.29) is 90.1 Å². The number of aromatic nitrogens is 2. The Kier molecular flexibility index (Phi) is 10.0. The SMILES string of the molecule is Cc1cc(S(=O)(=O)NS(=O)(=O)c2ccc3nc(Cl)c(Cl)nc3c2)cc(C)c1Nc1cc(S(=O)(=O)O)c(N)c2c1C(=O)c1ccccc1C2=O.[Na]. The monoisotopic (exact) mass is 784 g/mol. The van der Waals surface area contributed by atoms with Crippen LogP contribution in [0.2, 0.25) is 10.3 Å². The molecule has 0 fully saturated rings. The number of nitrogens with two attached hydrogens (primary N) is 1. The second kappa shape index (κ2) is 13.2. The average molecular weight is 786 g/mol. The number of benzene rings is 4. The minimum atomic E-state index is -5.00. The molecule has 1 heterocycles. The van der Waals surface area contributed by atoms with E-state index in [2.05, 4.69) is 15.3 Å². The van der Waals surface area contributed by atoms with Crippen molar-refractivity contribution in [3.8, 4) is 0 Å². The van der Waals surface area contributed by atoms with Crippen molar-refractivity contribution >= 4 is 123 Å². The van der Waals surface area contributed by atoms with E-state index in [4.69, 9.17) is 28.9 Å². The first-order valence-corrected chi connectivity index (χ1v) is 18.9. The number of ketones is 2. The Morgan fingerprint density at radius 3 is 1.80 bits per heavy atom. The van der Waals surface area contributed by atoms with E-state index in [0.29, 0.717) is 0 Å². The molecule has 20 heteroatoms. The number of nitrogens with one attached hydrogen (secondary N) is 2. The van der Waals surface area contributed by atoms with Crippen molar-refractivity contribution in [3.63, 3.8) is 0 Å². The van der Waals surface area contributed by atoms with Gasteiger partial charge in [-0.25, -0.2) is 26.8 Å². The summed E-state index contributed by atoms with van der Waals surface area (Å²) in [5.74, 6) is -1.40. The third kappa shape index (κ3) is 6.66. The first kappa shape index (κ1) is 37.8. The fraction of sp³-hybridized carbons (Fsp3) is 0.0667. The van der Waals surface area contributed by atoms with Crippen molar-refractivity contribution in [3.05, 3.63) is 104 Å². The molecule has 0 saturated carbocycles. The van der Waals surface area contributed by atoms with Crippen LogP contribution in [0.15, 0.2) is 75.4 Å². The molecule has 6 rings (SSSR count). The maximum atomic E-state index is 13.7. The van der Waals surface area contributed by atoms with Gasteiger partial charge in [0.05, 0.1) is 43.3 Å². The van der Waals surface area contributed by atoms with Crippen molar-refractivity contribution in [1.29, 1.82) is 0 Å². The second-order valence-corrected chi connectivity index (χ2v) is 16.6. The van der Waals surface area contributed by atoms with Gasteiger partial charge in [0.2, 0.25) is 0 Å². The Labute approximate surface area is 317 Å². The number of halogens is 2. The van der Waals surface area contributed by atoms with Crippen LogP contribution in [0.25, 0.3) is 11.0 Å². The molecule has 0 bridgehead atoms. The molecule has 14 nitrogen and oxygen atoms in total. The van der Waals surface area contributed by atoms with E-state index < -0.39 is 67.7 Å². The summed E-state index contributed by atoms with van der Waals surface area (Å²) >= 11 is 11.8. The van der Waals surface area contributed by atoms with Gasteiger partial charge >= 0.3 is 0 Å². The third-order valence-corrected chi connectivity index (χ3v) is 12.6. The molecule has 1 aliphatic carbocycles. The van der Waals surface area contributed by atoms with Gasteiger partial charge in [0, 0.05) is 46.4 Å². The topological polar surface area (TPSA) is 233 Å². The van der Waals surface area contributed by atoms with Crippen LogP contribution in [0.4, 0.5) is 17.1 Å². The number of anilines is 3. The van der Waals surface area contributed by atoms with Crippen LogP contribution in [0, 0.1) is 13.8 Å².